The van der Waals surface area contributed by atoms with Gasteiger partial charge in [-0.1, -0.05) is 59.7 Å². The molecule has 0 spiro atoms. The first-order valence-corrected chi connectivity index (χ1v) is 11.9. The Kier molecular flexibility index (Phi) is 6.96. The fourth-order valence-corrected chi connectivity index (χ4v) is 5.09. The second kappa shape index (κ2) is 9.48. The average molecular weight is 437 g/mol. The molecule has 0 bridgehead atoms. The molecule has 31 heavy (non-hydrogen) atoms. The summed E-state index contributed by atoms with van der Waals surface area (Å²) in [5.41, 5.74) is 3.09. The summed E-state index contributed by atoms with van der Waals surface area (Å²) in [6.45, 7) is 7.71. The van der Waals surface area contributed by atoms with E-state index in [0.717, 1.165) is 11.1 Å². The predicted octanol–water partition coefficient (Wildman–Crippen LogP) is 5.88. The summed E-state index contributed by atoms with van der Waals surface area (Å²) in [6, 6.07) is 20.9. The van der Waals surface area contributed by atoms with Gasteiger partial charge < -0.3 is 4.74 Å². The number of hydrogen-bond acceptors (Lipinski definition) is 4. The number of benzene rings is 3. The van der Waals surface area contributed by atoms with Gasteiger partial charge in [-0.3, -0.25) is 4.79 Å². The van der Waals surface area contributed by atoms with E-state index in [1.165, 1.54) is 0 Å². The van der Waals surface area contributed by atoms with E-state index in [0.29, 0.717) is 16.9 Å². The number of sulfone groups is 1. The molecule has 0 saturated carbocycles. The van der Waals surface area contributed by atoms with Crippen LogP contribution >= 0.6 is 0 Å². The van der Waals surface area contributed by atoms with Crippen molar-refractivity contribution in [3.63, 3.8) is 0 Å². The minimum atomic E-state index is -3.78. The molecular formula is C26H28O4S. The number of ketones is 1. The van der Waals surface area contributed by atoms with Gasteiger partial charge in [0.2, 0.25) is 0 Å². The molecule has 0 saturated heterocycles. The van der Waals surface area contributed by atoms with Gasteiger partial charge in [0.25, 0.3) is 0 Å². The van der Waals surface area contributed by atoms with Crippen LogP contribution in [0.1, 0.15) is 52.6 Å². The molecule has 4 nitrogen and oxygen atoms in total. The fourth-order valence-electron chi connectivity index (χ4n) is 3.36. The molecule has 0 N–H and O–H groups in total. The topological polar surface area (TPSA) is 60.4 Å². The molecule has 0 fully saturated rings. The van der Waals surface area contributed by atoms with Crippen molar-refractivity contribution >= 4 is 15.6 Å². The number of carbonyl (C=O) groups excluding carboxylic acids is 1. The van der Waals surface area contributed by atoms with Crippen LogP contribution in [0.25, 0.3) is 0 Å². The first-order valence-electron chi connectivity index (χ1n) is 10.3. The minimum absolute atomic E-state index is 0.0149. The molecule has 1 unspecified atom stereocenters. The maximum atomic E-state index is 13.5. The van der Waals surface area contributed by atoms with Gasteiger partial charge in [0.05, 0.1) is 16.2 Å². The van der Waals surface area contributed by atoms with Crippen LogP contribution in [0.4, 0.5) is 0 Å². The van der Waals surface area contributed by atoms with Crippen molar-refractivity contribution in [2.24, 2.45) is 0 Å². The van der Waals surface area contributed by atoms with Crippen LogP contribution in [0.2, 0.25) is 0 Å². The molecule has 3 aromatic rings. The summed E-state index contributed by atoms with van der Waals surface area (Å²) in [5.74, 6) is 0.457. The molecule has 3 aromatic carbocycles. The van der Waals surface area contributed by atoms with Crippen molar-refractivity contribution < 1.29 is 17.9 Å². The van der Waals surface area contributed by atoms with Gasteiger partial charge in [-0.15, -0.1) is 0 Å². The van der Waals surface area contributed by atoms with Gasteiger partial charge >= 0.3 is 0 Å². The smallest absolute Gasteiger partial charge is 0.185 e. The second-order valence-electron chi connectivity index (χ2n) is 8.08. The molecule has 0 aromatic heterocycles. The summed E-state index contributed by atoms with van der Waals surface area (Å²) in [7, 11) is -3.78. The highest BCUT2D eigenvalue weighted by Gasteiger charge is 2.31. The normalized spacial score (nSPS) is 12.5. The minimum Gasteiger partial charge on any atom is -0.491 e. The van der Waals surface area contributed by atoms with Gasteiger partial charge in [-0.05, 0) is 57.5 Å². The summed E-state index contributed by atoms with van der Waals surface area (Å²) < 4.78 is 32.8. The third kappa shape index (κ3) is 5.61. The number of carbonyl (C=O) groups is 1. The first kappa shape index (κ1) is 22.8. The summed E-state index contributed by atoms with van der Waals surface area (Å²) in [5, 5.41) is -0.989. The quantitative estimate of drug-likeness (QED) is 0.414. The molecule has 0 aliphatic rings. The molecule has 3 rings (SSSR count). The van der Waals surface area contributed by atoms with Crippen molar-refractivity contribution in [3.05, 3.63) is 95.1 Å². The number of Topliss-reactive ketones (excluding diaryl/α,β-unsaturated/α-hetero) is 1. The Hall–Kier alpha value is -2.92. The van der Waals surface area contributed by atoms with E-state index >= 15 is 0 Å². The Bertz CT molecular complexity index is 1130. The molecule has 0 radical (unpaired) electrons. The summed E-state index contributed by atoms with van der Waals surface area (Å²) in [4.78, 5) is 13.2. The Labute approximate surface area is 184 Å². The monoisotopic (exact) mass is 436 g/mol. The lowest BCUT2D eigenvalue weighted by Gasteiger charge is -2.19. The second-order valence-corrected chi connectivity index (χ2v) is 10.2. The number of ether oxygens (including phenoxy) is 1. The first-order chi connectivity index (χ1) is 14.7. The zero-order chi connectivity index (χ0) is 22.6. The molecule has 0 aliphatic heterocycles. The molecule has 1 atom stereocenters. The van der Waals surface area contributed by atoms with E-state index in [2.05, 4.69) is 0 Å². The Morgan fingerprint density at radius 1 is 0.806 bits per heavy atom. The van der Waals surface area contributed by atoms with E-state index in [1.54, 1.807) is 60.7 Å². The van der Waals surface area contributed by atoms with Crippen molar-refractivity contribution in [1.29, 1.82) is 0 Å². The zero-order valence-corrected chi connectivity index (χ0v) is 19.1. The van der Waals surface area contributed by atoms with Crippen LogP contribution < -0.4 is 4.74 Å². The van der Waals surface area contributed by atoms with E-state index < -0.39 is 15.1 Å². The van der Waals surface area contributed by atoms with E-state index in [9.17, 15) is 13.2 Å². The molecule has 0 aliphatic carbocycles. The van der Waals surface area contributed by atoms with E-state index in [1.807, 2.05) is 39.8 Å². The standard InChI is InChI=1S/C26H28O4S/c1-18(2)30-23-13-11-22(12-14-23)26(17-25(27)21-9-5-19(3)6-10-21)31(28,29)24-15-7-20(4)8-16-24/h5-16,18,26H,17H2,1-4H3. The lowest BCUT2D eigenvalue weighted by molar-refractivity contribution is 0.0980. The van der Waals surface area contributed by atoms with Gasteiger partial charge in [-0.2, -0.15) is 0 Å². The van der Waals surface area contributed by atoms with Gasteiger partial charge in [0.1, 0.15) is 5.75 Å². The van der Waals surface area contributed by atoms with Crippen LogP contribution in [-0.4, -0.2) is 20.3 Å². The lowest BCUT2D eigenvalue weighted by atomic mass is 10.0. The zero-order valence-electron chi connectivity index (χ0n) is 18.3. The highest BCUT2D eigenvalue weighted by molar-refractivity contribution is 7.91. The van der Waals surface area contributed by atoms with Crippen LogP contribution in [-0.2, 0) is 9.84 Å². The van der Waals surface area contributed by atoms with E-state index in [4.69, 9.17) is 4.74 Å². The predicted molar refractivity (Wildman–Crippen MR) is 123 cm³/mol. The van der Waals surface area contributed by atoms with Crippen LogP contribution in [0, 0.1) is 13.8 Å². The number of hydrogen-bond donors (Lipinski definition) is 0. The SMILES string of the molecule is Cc1ccc(C(=O)CC(c2ccc(OC(C)C)cc2)S(=O)(=O)c2ccc(C)cc2)cc1. The largest absolute Gasteiger partial charge is 0.491 e. The Morgan fingerprint density at radius 3 is 1.84 bits per heavy atom. The highest BCUT2D eigenvalue weighted by atomic mass is 32.2. The maximum absolute atomic E-state index is 13.5. The van der Waals surface area contributed by atoms with Crippen molar-refractivity contribution in [2.45, 2.75) is 50.4 Å². The number of aryl methyl sites for hydroxylation is 2. The van der Waals surface area contributed by atoms with Gasteiger partial charge in [-0.25, -0.2) is 8.42 Å². The van der Waals surface area contributed by atoms with Crippen molar-refractivity contribution in [1.82, 2.24) is 0 Å². The Balaban J connectivity index is 1.99. The molecule has 0 amide bonds. The maximum Gasteiger partial charge on any atom is 0.185 e. The molecular weight excluding hydrogens is 408 g/mol. The van der Waals surface area contributed by atoms with E-state index in [-0.39, 0.29) is 23.2 Å². The third-order valence-electron chi connectivity index (χ3n) is 5.09. The fraction of sp³-hybridized carbons (Fsp3) is 0.269. The van der Waals surface area contributed by atoms with Crippen LogP contribution in [0.15, 0.2) is 77.7 Å². The van der Waals surface area contributed by atoms with Crippen LogP contribution in [0.3, 0.4) is 0 Å². The summed E-state index contributed by atoms with van der Waals surface area (Å²) in [6.07, 6.45) is -0.120. The van der Waals surface area contributed by atoms with Crippen molar-refractivity contribution in [3.8, 4) is 5.75 Å². The van der Waals surface area contributed by atoms with Gasteiger partial charge in [0.15, 0.2) is 15.6 Å². The van der Waals surface area contributed by atoms with Gasteiger partial charge in [0, 0.05) is 12.0 Å². The molecule has 5 heteroatoms. The van der Waals surface area contributed by atoms with Crippen LogP contribution in [0.5, 0.6) is 5.75 Å². The van der Waals surface area contributed by atoms with Crippen molar-refractivity contribution in [2.75, 3.05) is 0 Å². The third-order valence-corrected chi connectivity index (χ3v) is 7.21. The highest BCUT2D eigenvalue weighted by Crippen LogP contribution is 2.34. The molecule has 162 valence electrons. The Morgan fingerprint density at radius 2 is 1.32 bits per heavy atom. The lowest BCUT2D eigenvalue weighted by Crippen LogP contribution is -2.18. The number of rotatable bonds is 8. The average Bonchev–Trinajstić information content (AvgIpc) is 2.73. The molecule has 0 heterocycles. The summed E-state index contributed by atoms with van der Waals surface area (Å²) >= 11 is 0.